The van der Waals surface area contributed by atoms with Gasteiger partial charge in [-0.3, -0.25) is 0 Å². The molecule has 0 saturated heterocycles. The van der Waals surface area contributed by atoms with Crippen molar-refractivity contribution in [3.8, 4) is 22.3 Å². The van der Waals surface area contributed by atoms with Crippen molar-refractivity contribution < 1.29 is 13.5 Å². The van der Waals surface area contributed by atoms with Crippen LogP contribution in [-0.4, -0.2) is 13.5 Å². The molecule has 5 heteroatoms. The zero-order chi connectivity index (χ0) is 18.0. The number of aliphatic hydroxyl groups excluding tert-OH is 1. The zero-order valence-corrected chi connectivity index (χ0v) is 14.6. The smallest absolute Gasteiger partial charge is 0.238 e. The summed E-state index contributed by atoms with van der Waals surface area (Å²) in [5.74, 6) is 0. The van der Waals surface area contributed by atoms with E-state index >= 15 is 0 Å². The van der Waals surface area contributed by atoms with Crippen LogP contribution in [-0.2, 0) is 10.0 Å². The Morgan fingerprint density at radius 2 is 1.52 bits per heavy atom. The summed E-state index contributed by atoms with van der Waals surface area (Å²) in [4.78, 5) is 0.0598. The van der Waals surface area contributed by atoms with Gasteiger partial charge in [0.25, 0.3) is 0 Å². The van der Waals surface area contributed by atoms with E-state index in [0.29, 0.717) is 0 Å². The quantitative estimate of drug-likeness (QED) is 0.750. The predicted molar refractivity (Wildman–Crippen MR) is 99.3 cm³/mol. The molecule has 0 aliphatic carbocycles. The first-order chi connectivity index (χ1) is 11.9. The van der Waals surface area contributed by atoms with E-state index in [0.717, 1.165) is 27.8 Å². The lowest BCUT2D eigenvalue weighted by atomic mass is 9.93. The van der Waals surface area contributed by atoms with E-state index in [2.05, 4.69) is 0 Å². The summed E-state index contributed by atoms with van der Waals surface area (Å²) < 4.78 is 23.6. The van der Waals surface area contributed by atoms with Gasteiger partial charge in [-0.1, -0.05) is 54.6 Å². The van der Waals surface area contributed by atoms with Gasteiger partial charge in [-0.2, -0.15) is 0 Å². The minimum absolute atomic E-state index is 0.0598. The maximum Gasteiger partial charge on any atom is 0.238 e. The highest BCUT2D eigenvalue weighted by Crippen LogP contribution is 2.34. The predicted octanol–water partition coefficient (Wildman–Crippen LogP) is 3.72. The summed E-state index contributed by atoms with van der Waals surface area (Å²) in [5.41, 5.74) is 4.21. The molecule has 4 nitrogen and oxygen atoms in total. The van der Waals surface area contributed by atoms with Crippen LogP contribution in [0.25, 0.3) is 22.3 Å². The van der Waals surface area contributed by atoms with Crippen molar-refractivity contribution in [2.24, 2.45) is 5.14 Å². The van der Waals surface area contributed by atoms with Gasteiger partial charge in [-0.15, -0.1) is 0 Å². The van der Waals surface area contributed by atoms with Gasteiger partial charge >= 0.3 is 0 Å². The fourth-order valence-electron chi connectivity index (χ4n) is 2.77. The number of primary sulfonamides is 1. The Morgan fingerprint density at radius 1 is 0.840 bits per heavy atom. The van der Waals surface area contributed by atoms with Crippen LogP contribution in [0.3, 0.4) is 0 Å². The Balaban J connectivity index is 2.26. The van der Waals surface area contributed by atoms with Crippen LogP contribution in [0, 0.1) is 0 Å². The number of rotatable bonds is 4. The number of aliphatic hydroxyl groups is 1. The molecule has 25 heavy (non-hydrogen) atoms. The van der Waals surface area contributed by atoms with Gasteiger partial charge in [0.15, 0.2) is 0 Å². The molecule has 0 radical (unpaired) electrons. The van der Waals surface area contributed by atoms with Crippen molar-refractivity contribution in [2.45, 2.75) is 17.9 Å². The van der Waals surface area contributed by atoms with E-state index < -0.39 is 16.1 Å². The van der Waals surface area contributed by atoms with E-state index in [9.17, 15) is 13.5 Å². The van der Waals surface area contributed by atoms with Crippen molar-refractivity contribution in [3.05, 3.63) is 78.4 Å². The number of hydrogen-bond acceptors (Lipinski definition) is 3. The minimum Gasteiger partial charge on any atom is -0.389 e. The van der Waals surface area contributed by atoms with Gasteiger partial charge < -0.3 is 5.11 Å². The fraction of sp³-hybridized carbons (Fsp3) is 0.100. The first-order valence-corrected chi connectivity index (χ1v) is 9.41. The highest BCUT2D eigenvalue weighted by atomic mass is 32.2. The molecule has 0 fully saturated rings. The lowest BCUT2D eigenvalue weighted by Gasteiger charge is -2.14. The van der Waals surface area contributed by atoms with E-state index in [1.54, 1.807) is 19.1 Å². The molecule has 1 unspecified atom stereocenters. The number of sulfonamides is 1. The fourth-order valence-corrected chi connectivity index (χ4v) is 3.31. The topological polar surface area (TPSA) is 80.4 Å². The summed E-state index contributed by atoms with van der Waals surface area (Å²) in [7, 11) is -3.81. The summed E-state index contributed by atoms with van der Waals surface area (Å²) in [6, 6.07) is 22.0. The highest BCUT2D eigenvalue weighted by molar-refractivity contribution is 7.89. The molecular formula is C20H19NO3S. The van der Waals surface area contributed by atoms with Crippen molar-refractivity contribution in [1.82, 2.24) is 0 Å². The maximum atomic E-state index is 11.8. The molecule has 0 bridgehead atoms. The third kappa shape index (κ3) is 3.79. The molecule has 0 amide bonds. The molecule has 3 aromatic rings. The largest absolute Gasteiger partial charge is 0.389 e. The normalized spacial score (nSPS) is 12.8. The van der Waals surface area contributed by atoms with Crippen molar-refractivity contribution in [3.63, 3.8) is 0 Å². The molecule has 0 saturated carbocycles. The van der Waals surface area contributed by atoms with Crippen LogP contribution in [0.5, 0.6) is 0 Å². The third-order valence-electron chi connectivity index (χ3n) is 4.08. The first kappa shape index (κ1) is 17.4. The van der Waals surface area contributed by atoms with Crippen LogP contribution in [0.4, 0.5) is 0 Å². The van der Waals surface area contributed by atoms with E-state index in [1.165, 1.54) is 6.07 Å². The van der Waals surface area contributed by atoms with E-state index in [1.807, 2.05) is 54.6 Å². The SMILES string of the molecule is CC(O)c1cccc(-c2cc(S(N)(=O)=O)ccc2-c2ccccc2)c1. The first-order valence-electron chi connectivity index (χ1n) is 7.87. The standard InChI is InChI=1S/C20H19NO3S/c1-14(22)16-8-5-9-17(12-16)20-13-18(25(21,23)24)10-11-19(20)15-6-3-2-4-7-15/h2-14,22H,1H3,(H2,21,23,24). The Bertz CT molecular complexity index is 996. The third-order valence-corrected chi connectivity index (χ3v) is 5.00. The summed E-state index contributed by atoms with van der Waals surface area (Å²) in [5, 5.41) is 15.2. The summed E-state index contributed by atoms with van der Waals surface area (Å²) in [6.07, 6.45) is -0.610. The molecule has 0 heterocycles. The zero-order valence-electron chi connectivity index (χ0n) is 13.8. The van der Waals surface area contributed by atoms with Crippen molar-refractivity contribution in [2.75, 3.05) is 0 Å². The number of benzene rings is 3. The Hall–Kier alpha value is -2.47. The molecule has 3 rings (SSSR count). The number of hydrogen-bond donors (Lipinski definition) is 2. The van der Waals surface area contributed by atoms with Gasteiger partial charge in [0, 0.05) is 0 Å². The minimum atomic E-state index is -3.81. The lowest BCUT2D eigenvalue weighted by molar-refractivity contribution is 0.199. The van der Waals surface area contributed by atoms with Crippen molar-refractivity contribution in [1.29, 1.82) is 0 Å². The van der Waals surface area contributed by atoms with Gasteiger partial charge in [-0.25, -0.2) is 13.6 Å². The second-order valence-corrected chi connectivity index (χ2v) is 7.48. The molecular weight excluding hydrogens is 334 g/mol. The van der Waals surface area contributed by atoms with Gasteiger partial charge in [0.2, 0.25) is 10.0 Å². The van der Waals surface area contributed by atoms with Gasteiger partial charge in [0.05, 0.1) is 11.0 Å². The second-order valence-electron chi connectivity index (χ2n) is 5.92. The molecule has 0 aromatic heterocycles. The Labute approximate surface area is 147 Å². The average Bonchev–Trinajstić information content (AvgIpc) is 2.61. The molecule has 0 spiro atoms. The van der Waals surface area contributed by atoms with Crippen LogP contribution >= 0.6 is 0 Å². The van der Waals surface area contributed by atoms with Crippen LogP contribution < -0.4 is 5.14 Å². The molecule has 0 aliphatic rings. The molecule has 3 N–H and O–H groups in total. The Kier molecular flexibility index (Phi) is 4.72. The summed E-state index contributed by atoms with van der Waals surface area (Å²) >= 11 is 0. The van der Waals surface area contributed by atoms with Gasteiger partial charge in [0.1, 0.15) is 0 Å². The lowest BCUT2D eigenvalue weighted by Crippen LogP contribution is -2.12. The average molecular weight is 353 g/mol. The maximum absolute atomic E-state index is 11.8. The van der Waals surface area contributed by atoms with Gasteiger partial charge in [-0.05, 0) is 52.9 Å². The molecule has 128 valence electrons. The van der Waals surface area contributed by atoms with E-state index in [4.69, 9.17) is 5.14 Å². The number of nitrogens with two attached hydrogens (primary N) is 1. The molecule has 0 aliphatic heterocycles. The highest BCUT2D eigenvalue weighted by Gasteiger charge is 2.14. The summed E-state index contributed by atoms with van der Waals surface area (Å²) in [6.45, 7) is 1.69. The Morgan fingerprint density at radius 3 is 2.16 bits per heavy atom. The van der Waals surface area contributed by atoms with Crippen molar-refractivity contribution >= 4 is 10.0 Å². The molecule has 1 atom stereocenters. The molecule has 3 aromatic carbocycles. The van der Waals surface area contributed by atoms with Crippen LogP contribution in [0.1, 0.15) is 18.6 Å². The monoisotopic (exact) mass is 353 g/mol. The second kappa shape index (κ2) is 6.80. The van der Waals surface area contributed by atoms with E-state index in [-0.39, 0.29) is 4.90 Å². The van der Waals surface area contributed by atoms with Crippen LogP contribution in [0.15, 0.2) is 77.7 Å². The van der Waals surface area contributed by atoms with Crippen LogP contribution in [0.2, 0.25) is 0 Å².